The summed E-state index contributed by atoms with van der Waals surface area (Å²) in [5.74, 6) is 0.0111. The summed E-state index contributed by atoms with van der Waals surface area (Å²) in [6.07, 6.45) is -0.348. The second-order valence-corrected chi connectivity index (χ2v) is 6.29. The molecule has 0 radical (unpaired) electrons. The van der Waals surface area contributed by atoms with Crippen molar-refractivity contribution in [3.63, 3.8) is 0 Å². The number of sulfonamides is 1. The normalized spacial score (nSPS) is 13.8. The zero-order chi connectivity index (χ0) is 12.7. The van der Waals surface area contributed by atoms with Crippen molar-refractivity contribution < 1.29 is 18.3 Å². The Morgan fingerprint density at radius 1 is 1.59 bits per heavy atom. The number of ether oxygens (including phenoxy) is 1. The molecular weight excluding hydrogens is 262 g/mol. The Hall–Kier alpha value is -0.470. The molecule has 0 spiro atoms. The highest BCUT2D eigenvalue weighted by Crippen LogP contribution is 2.15. The van der Waals surface area contributed by atoms with Gasteiger partial charge in [0.05, 0.1) is 11.9 Å². The van der Waals surface area contributed by atoms with Gasteiger partial charge in [0.25, 0.3) is 0 Å². The maximum atomic E-state index is 11.5. The van der Waals surface area contributed by atoms with Crippen LogP contribution in [0.3, 0.4) is 0 Å². The third-order valence-corrected chi connectivity index (χ3v) is 4.32. The number of aliphatic hydroxyl groups is 1. The molecule has 2 N–H and O–H groups in total. The molecule has 0 fully saturated rings. The van der Waals surface area contributed by atoms with Crippen LogP contribution in [0.2, 0.25) is 0 Å². The molecule has 5 nitrogen and oxygen atoms in total. The molecule has 0 amide bonds. The van der Waals surface area contributed by atoms with Crippen LogP contribution in [0.4, 0.5) is 0 Å². The Bertz CT molecular complexity index is 402. The monoisotopic (exact) mass is 279 g/mol. The van der Waals surface area contributed by atoms with E-state index in [0.717, 1.165) is 5.56 Å². The van der Waals surface area contributed by atoms with Gasteiger partial charge in [-0.25, -0.2) is 13.1 Å². The first-order chi connectivity index (χ1) is 8.05. The van der Waals surface area contributed by atoms with E-state index in [2.05, 4.69) is 4.72 Å². The third-order valence-electron chi connectivity index (χ3n) is 2.19. The van der Waals surface area contributed by atoms with Gasteiger partial charge in [-0.2, -0.15) is 11.3 Å². The summed E-state index contributed by atoms with van der Waals surface area (Å²) in [7, 11) is -1.80. The Labute approximate surface area is 105 Å². The van der Waals surface area contributed by atoms with Crippen LogP contribution in [0, 0.1) is 0 Å². The molecule has 1 aromatic rings. The number of aliphatic hydroxyl groups excluding tert-OH is 1. The van der Waals surface area contributed by atoms with E-state index in [1.165, 1.54) is 18.4 Å². The SMILES string of the molecule is COCCCS(=O)(=O)NCC(O)c1ccsc1. The Balaban J connectivity index is 2.34. The zero-order valence-electron chi connectivity index (χ0n) is 9.63. The van der Waals surface area contributed by atoms with Crippen molar-refractivity contribution in [3.8, 4) is 0 Å². The van der Waals surface area contributed by atoms with Gasteiger partial charge in [0.1, 0.15) is 0 Å². The molecule has 0 aliphatic carbocycles. The van der Waals surface area contributed by atoms with E-state index in [1.54, 1.807) is 11.4 Å². The predicted molar refractivity (Wildman–Crippen MR) is 67.6 cm³/mol. The molecule has 1 aromatic heterocycles. The Morgan fingerprint density at radius 3 is 2.94 bits per heavy atom. The van der Waals surface area contributed by atoms with Gasteiger partial charge in [0.15, 0.2) is 0 Å². The maximum absolute atomic E-state index is 11.5. The van der Waals surface area contributed by atoms with Crippen LogP contribution in [0.5, 0.6) is 0 Å². The molecule has 0 aromatic carbocycles. The summed E-state index contributed by atoms with van der Waals surface area (Å²) in [6, 6.07) is 1.77. The van der Waals surface area contributed by atoms with Gasteiger partial charge in [-0.1, -0.05) is 0 Å². The molecule has 98 valence electrons. The largest absolute Gasteiger partial charge is 0.387 e. The van der Waals surface area contributed by atoms with Crippen molar-refractivity contribution in [2.24, 2.45) is 0 Å². The van der Waals surface area contributed by atoms with Gasteiger partial charge in [0.2, 0.25) is 10.0 Å². The molecule has 0 aliphatic rings. The van der Waals surface area contributed by atoms with Crippen molar-refractivity contribution in [1.82, 2.24) is 4.72 Å². The first-order valence-corrected chi connectivity index (χ1v) is 7.81. The summed E-state index contributed by atoms with van der Waals surface area (Å²) in [6.45, 7) is 0.417. The third kappa shape index (κ3) is 5.60. The van der Waals surface area contributed by atoms with Gasteiger partial charge >= 0.3 is 0 Å². The van der Waals surface area contributed by atoms with E-state index in [4.69, 9.17) is 4.74 Å². The minimum Gasteiger partial charge on any atom is -0.387 e. The molecular formula is C10H17NO4S2. The number of rotatable bonds is 8. The fourth-order valence-corrected chi connectivity index (χ4v) is 3.01. The Kier molecular flexibility index (Phi) is 6.07. The zero-order valence-corrected chi connectivity index (χ0v) is 11.3. The first-order valence-electron chi connectivity index (χ1n) is 5.21. The molecule has 0 saturated heterocycles. The van der Waals surface area contributed by atoms with Crippen LogP contribution in [0.1, 0.15) is 18.1 Å². The maximum Gasteiger partial charge on any atom is 0.211 e. The molecule has 1 unspecified atom stereocenters. The van der Waals surface area contributed by atoms with Crippen molar-refractivity contribution in [2.75, 3.05) is 26.0 Å². The second-order valence-electron chi connectivity index (χ2n) is 3.59. The average Bonchev–Trinajstić information content (AvgIpc) is 2.80. The quantitative estimate of drug-likeness (QED) is 0.688. The van der Waals surface area contributed by atoms with E-state index in [9.17, 15) is 13.5 Å². The fourth-order valence-electron chi connectivity index (χ4n) is 1.25. The minimum atomic E-state index is -3.33. The number of nitrogens with one attached hydrogen (secondary N) is 1. The second kappa shape index (κ2) is 7.07. The number of methoxy groups -OCH3 is 1. The van der Waals surface area contributed by atoms with E-state index in [-0.39, 0.29) is 12.3 Å². The molecule has 1 heterocycles. The number of thiophene rings is 1. The van der Waals surface area contributed by atoms with Crippen LogP contribution in [0.25, 0.3) is 0 Å². The summed E-state index contributed by atoms with van der Waals surface area (Å²) in [5.41, 5.74) is 0.731. The summed E-state index contributed by atoms with van der Waals surface area (Å²) < 4.78 is 30.2. The fraction of sp³-hybridized carbons (Fsp3) is 0.600. The highest BCUT2D eigenvalue weighted by Gasteiger charge is 2.14. The van der Waals surface area contributed by atoms with Gasteiger partial charge in [-0.05, 0) is 28.8 Å². The molecule has 0 aliphatic heterocycles. The van der Waals surface area contributed by atoms with Crippen LogP contribution < -0.4 is 4.72 Å². The number of hydrogen-bond donors (Lipinski definition) is 2. The van der Waals surface area contributed by atoms with E-state index >= 15 is 0 Å². The van der Waals surface area contributed by atoms with Crippen LogP contribution >= 0.6 is 11.3 Å². The molecule has 0 bridgehead atoms. The lowest BCUT2D eigenvalue weighted by Gasteiger charge is -2.10. The van der Waals surface area contributed by atoms with Crippen LogP contribution in [0.15, 0.2) is 16.8 Å². The molecule has 0 saturated carbocycles. The molecule has 17 heavy (non-hydrogen) atoms. The molecule has 1 rings (SSSR count). The van der Waals surface area contributed by atoms with Gasteiger partial charge in [-0.3, -0.25) is 0 Å². The first kappa shape index (κ1) is 14.6. The summed E-state index contributed by atoms with van der Waals surface area (Å²) >= 11 is 1.46. The van der Waals surface area contributed by atoms with Gasteiger partial charge < -0.3 is 9.84 Å². The lowest BCUT2D eigenvalue weighted by molar-refractivity contribution is 0.182. The Morgan fingerprint density at radius 2 is 2.35 bits per heavy atom. The lowest BCUT2D eigenvalue weighted by atomic mass is 10.2. The highest BCUT2D eigenvalue weighted by atomic mass is 32.2. The smallest absolute Gasteiger partial charge is 0.211 e. The minimum absolute atomic E-state index is 0.00600. The average molecular weight is 279 g/mol. The van der Waals surface area contributed by atoms with Crippen LogP contribution in [-0.4, -0.2) is 39.5 Å². The van der Waals surface area contributed by atoms with Crippen molar-refractivity contribution in [2.45, 2.75) is 12.5 Å². The van der Waals surface area contributed by atoms with Crippen LogP contribution in [-0.2, 0) is 14.8 Å². The predicted octanol–water partition coefficient (Wildman–Crippen LogP) is 0.737. The summed E-state index contributed by atoms with van der Waals surface area (Å²) in [5, 5.41) is 13.3. The number of hydrogen-bond acceptors (Lipinski definition) is 5. The van der Waals surface area contributed by atoms with Crippen molar-refractivity contribution in [3.05, 3.63) is 22.4 Å². The highest BCUT2D eigenvalue weighted by molar-refractivity contribution is 7.89. The van der Waals surface area contributed by atoms with Gasteiger partial charge in [-0.15, -0.1) is 0 Å². The van der Waals surface area contributed by atoms with E-state index < -0.39 is 16.1 Å². The van der Waals surface area contributed by atoms with Gasteiger partial charge in [0, 0.05) is 20.3 Å². The summed E-state index contributed by atoms with van der Waals surface area (Å²) in [4.78, 5) is 0. The van der Waals surface area contributed by atoms with E-state index in [1.807, 2.05) is 5.38 Å². The van der Waals surface area contributed by atoms with E-state index in [0.29, 0.717) is 13.0 Å². The molecule has 1 atom stereocenters. The van der Waals surface area contributed by atoms with Crippen molar-refractivity contribution >= 4 is 21.4 Å². The lowest BCUT2D eigenvalue weighted by Crippen LogP contribution is -2.30. The molecule has 7 heteroatoms. The standard InChI is InChI=1S/C10H17NO4S2/c1-15-4-2-6-17(13,14)11-7-10(12)9-3-5-16-8-9/h3,5,8,10-12H,2,4,6-7H2,1H3. The van der Waals surface area contributed by atoms with Crippen molar-refractivity contribution in [1.29, 1.82) is 0 Å². The topological polar surface area (TPSA) is 75.6 Å².